The maximum atomic E-state index is 12.4. The Morgan fingerprint density at radius 1 is 1.17 bits per heavy atom. The van der Waals surface area contributed by atoms with Gasteiger partial charge in [-0.1, -0.05) is 12.8 Å². The summed E-state index contributed by atoms with van der Waals surface area (Å²) in [5, 5.41) is 9.21. The third kappa shape index (κ3) is 2.66. The number of amides is 1. The summed E-state index contributed by atoms with van der Waals surface area (Å²) in [5.74, 6) is -1.18. The summed E-state index contributed by atoms with van der Waals surface area (Å²) < 4.78 is 0. The van der Waals surface area contributed by atoms with Crippen LogP contribution in [0.3, 0.4) is 0 Å². The van der Waals surface area contributed by atoms with Crippen LogP contribution in [0.15, 0.2) is 0 Å². The number of rotatable bonds is 3. The first-order valence-corrected chi connectivity index (χ1v) is 6.85. The summed E-state index contributed by atoms with van der Waals surface area (Å²) in [6.45, 7) is 2.05. The summed E-state index contributed by atoms with van der Waals surface area (Å²) in [4.78, 5) is 25.4. The number of nitrogens with two attached hydrogens (primary N) is 1. The summed E-state index contributed by atoms with van der Waals surface area (Å²) in [6.07, 6.45) is 4.20. The van der Waals surface area contributed by atoms with Crippen molar-refractivity contribution in [3.05, 3.63) is 0 Å². The Bertz CT molecular complexity index is 332. The molecular weight excluding hydrogens is 232 g/mol. The number of carboxylic acids is 1. The zero-order valence-corrected chi connectivity index (χ0v) is 10.7. The molecular formula is C13H22N2O3. The molecule has 0 radical (unpaired) electrons. The average Bonchev–Trinajstić information content (AvgIpc) is 2.86. The minimum atomic E-state index is -0.817. The number of carboxylic acid groups (broad SMARTS) is 1. The Labute approximate surface area is 107 Å². The molecule has 102 valence electrons. The fourth-order valence-corrected chi connectivity index (χ4v) is 3.18. The van der Waals surface area contributed by atoms with Crippen molar-refractivity contribution in [3.8, 4) is 0 Å². The molecule has 18 heavy (non-hydrogen) atoms. The second-order valence-corrected chi connectivity index (χ2v) is 5.51. The van der Waals surface area contributed by atoms with E-state index in [2.05, 4.69) is 0 Å². The topological polar surface area (TPSA) is 83.6 Å². The van der Waals surface area contributed by atoms with Crippen LogP contribution in [0.1, 0.15) is 32.1 Å². The van der Waals surface area contributed by atoms with Crippen LogP contribution in [0.25, 0.3) is 0 Å². The van der Waals surface area contributed by atoms with Crippen LogP contribution in [0.5, 0.6) is 0 Å². The predicted molar refractivity (Wildman–Crippen MR) is 66.8 cm³/mol. The van der Waals surface area contributed by atoms with E-state index in [9.17, 15) is 14.7 Å². The van der Waals surface area contributed by atoms with Gasteiger partial charge in [0.15, 0.2) is 0 Å². The molecule has 0 spiro atoms. The smallest absolute Gasteiger partial charge is 0.307 e. The Balaban J connectivity index is 2.00. The van der Waals surface area contributed by atoms with Gasteiger partial charge in [0.1, 0.15) is 0 Å². The second kappa shape index (κ2) is 5.69. The molecule has 5 nitrogen and oxygen atoms in total. The van der Waals surface area contributed by atoms with E-state index < -0.39 is 11.9 Å². The van der Waals surface area contributed by atoms with Crippen LogP contribution in [-0.2, 0) is 9.59 Å². The van der Waals surface area contributed by atoms with Gasteiger partial charge in [0.05, 0.1) is 11.8 Å². The molecule has 1 amide bonds. The number of hydrogen-bond donors (Lipinski definition) is 2. The largest absolute Gasteiger partial charge is 0.481 e. The maximum Gasteiger partial charge on any atom is 0.307 e. The first-order chi connectivity index (χ1) is 8.63. The van der Waals surface area contributed by atoms with E-state index >= 15 is 0 Å². The maximum absolute atomic E-state index is 12.4. The van der Waals surface area contributed by atoms with Gasteiger partial charge in [0, 0.05) is 13.1 Å². The highest BCUT2D eigenvalue weighted by atomic mass is 16.4. The molecule has 2 rings (SSSR count). The highest BCUT2D eigenvalue weighted by Crippen LogP contribution is 2.33. The third-order valence-electron chi connectivity index (χ3n) is 4.33. The Morgan fingerprint density at radius 3 is 2.39 bits per heavy atom. The van der Waals surface area contributed by atoms with Crippen LogP contribution in [-0.4, -0.2) is 41.5 Å². The molecule has 1 aliphatic heterocycles. The van der Waals surface area contributed by atoms with Crippen molar-refractivity contribution in [2.75, 3.05) is 19.6 Å². The van der Waals surface area contributed by atoms with Crippen LogP contribution in [0.2, 0.25) is 0 Å². The van der Waals surface area contributed by atoms with Gasteiger partial charge in [-0.3, -0.25) is 9.59 Å². The molecule has 1 saturated carbocycles. The molecule has 0 bridgehead atoms. The number of carbonyl (C=O) groups is 2. The Morgan fingerprint density at radius 2 is 1.83 bits per heavy atom. The molecule has 0 aromatic rings. The molecule has 2 aliphatic rings. The van der Waals surface area contributed by atoms with Gasteiger partial charge >= 0.3 is 5.97 Å². The lowest BCUT2D eigenvalue weighted by Gasteiger charge is -2.31. The Hall–Kier alpha value is -1.10. The summed E-state index contributed by atoms with van der Waals surface area (Å²) in [7, 11) is 0. The molecule has 1 saturated heterocycles. The van der Waals surface area contributed by atoms with Gasteiger partial charge in [-0.25, -0.2) is 0 Å². The lowest BCUT2D eigenvalue weighted by Crippen LogP contribution is -2.41. The van der Waals surface area contributed by atoms with Gasteiger partial charge in [0.25, 0.3) is 0 Å². The van der Waals surface area contributed by atoms with E-state index in [-0.39, 0.29) is 11.8 Å². The van der Waals surface area contributed by atoms with Gasteiger partial charge in [0.2, 0.25) is 5.91 Å². The highest BCUT2D eigenvalue weighted by molar-refractivity contribution is 5.85. The van der Waals surface area contributed by atoms with E-state index in [1.165, 1.54) is 0 Å². The van der Waals surface area contributed by atoms with Crippen LogP contribution >= 0.6 is 0 Å². The number of nitrogens with zero attached hydrogens (tertiary/aromatic N) is 1. The van der Waals surface area contributed by atoms with Crippen molar-refractivity contribution in [2.24, 2.45) is 23.5 Å². The molecule has 1 heterocycles. The quantitative estimate of drug-likeness (QED) is 0.776. The van der Waals surface area contributed by atoms with Gasteiger partial charge < -0.3 is 15.7 Å². The van der Waals surface area contributed by atoms with Gasteiger partial charge in [-0.05, 0) is 31.7 Å². The molecule has 0 aromatic heterocycles. The van der Waals surface area contributed by atoms with E-state index in [4.69, 9.17) is 5.73 Å². The molecule has 3 N–H and O–H groups in total. The average molecular weight is 254 g/mol. The second-order valence-electron chi connectivity index (χ2n) is 5.51. The van der Waals surface area contributed by atoms with Crippen molar-refractivity contribution in [3.63, 3.8) is 0 Å². The van der Waals surface area contributed by atoms with Crippen molar-refractivity contribution < 1.29 is 14.7 Å². The molecule has 1 aliphatic carbocycles. The lowest BCUT2D eigenvalue weighted by molar-refractivity contribution is -0.151. The van der Waals surface area contributed by atoms with Gasteiger partial charge in [-0.2, -0.15) is 0 Å². The standard InChI is InChI=1S/C13H22N2O3/c14-7-9-5-6-15(8-9)12(16)10-3-1-2-4-11(10)13(17)18/h9-11H,1-8,14H2,(H,17,18). The van der Waals surface area contributed by atoms with Crippen LogP contribution in [0, 0.1) is 17.8 Å². The third-order valence-corrected chi connectivity index (χ3v) is 4.33. The zero-order chi connectivity index (χ0) is 13.1. The fraction of sp³-hybridized carbons (Fsp3) is 0.846. The zero-order valence-electron chi connectivity index (χ0n) is 10.7. The van der Waals surface area contributed by atoms with E-state index in [1.54, 1.807) is 0 Å². The first-order valence-electron chi connectivity index (χ1n) is 6.85. The van der Waals surface area contributed by atoms with Crippen molar-refractivity contribution in [2.45, 2.75) is 32.1 Å². The van der Waals surface area contributed by atoms with Crippen LogP contribution in [0.4, 0.5) is 0 Å². The molecule has 5 heteroatoms. The molecule has 2 fully saturated rings. The number of carbonyl (C=O) groups excluding carboxylic acids is 1. The first kappa shape index (κ1) is 13.3. The van der Waals surface area contributed by atoms with E-state index in [0.717, 1.165) is 32.2 Å². The fourth-order valence-electron chi connectivity index (χ4n) is 3.18. The number of likely N-dealkylation sites (tertiary alicyclic amines) is 1. The molecule has 0 aromatic carbocycles. The van der Waals surface area contributed by atoms with Crippen molar-refractivity contribution in [1.29, 1.82) is 0 Å². The minimum absolute atomic E-state index is 0.0399. The summed E-state index contributed by atoms with van der Waals surface area (Å²) in [5.41, 5.74) is 5.62. The van der Waals surface area contributed by atoms with Crippen molar-refractivity contribution in [1.82, 2.24) is 4.90 Å². The number of hydrogen-bond acceptors (Lipinski definition) is 3. The highest BCUT2D eigenvalue weighted by Gasteiger charge is 2.39. The monoisotopic (exact) mass is 254 g/mol. The van der Waals surface area contributed by atoms with E-state index in [0.29, 0.717) is 25.4 Å². The SMILES string of the molecule is NCC1CCN(C(=O)C2CCCCC2C(=O)O)C1. The van der Waals surface area contributed by atoms with Gasteiger partial charge in [-0.15, -0.1) is 0 Å². The minimum Gasteiger partial charge on any atom is -0.481 e. The normalized spacial score (nSPS) is 32.5. The summed E-state index contributed by atoms with van der Waals surface area (Å²) in [6, 6.07) is 0. The lowest BCUT2D eigenvalue weighted by atomic mass is 9.78. The van der Waals surface area contributed by atoms with E-state index in [1.807, 2.05) is 4.90 Å². The molecule has 3 unspecified atom stereocenters. The van der Waals surface area contributed by atoms with Crippen LogP contribution < -0.4 is 5.73 Å². The predicted octanol–water partition coefficient (Wildman–Crippen LogP) is 0.685. The molecule has 3 atom stereocenters. The Kier molecular flexibility index (Phi) is 4.22. The summed E-state index contributed by atoms with van der Waals surface area (Å²) >= 11 is 0. The number of aliphatic carboxylic acids is 1. The van der Waals surface area contributed by atoms with Crippen molar-refractivity contribution >= 4 is 11.9 Å².